The highest BCUT2D eigenvalue weighted by atomic mass is 15.0. The number of hydrogen-bond acceptors (Lipinski definition) is 0. The third kappa shape index (κ3) is 1.62. The van der Waals surface area contributed by atoms with E-state index in [2.05, 4.69) is 65.2 Å². The van der Waals surface area contributed by atoms with E-state index < -0.39 is 0 Å². The predicted molar refractivity (Wildman–Crippen MR) is 90.4 cm³/mol. The van der Waals surface area contributed by atoms with Crippen molar-refractivity contribution < 1.29 is 4.57 Å². The zero-order valence-electron chi connectivity index (χ0n) is 12.5. The molecule has 0 fully saturated rings. The Kier molecular flexibility index (Phi) is 2.51. The molecule has 1 aliphatic heterocycles. The molecule has 0 bridgehead atoms. The predicted octanol–water partition coefficient (Wildman–Crippen LogP) is 4.75. The van der Waals surface area contributed by atoms with Gasteiger partial charge in [0, 0.05) is 23.3 Å². The number of benzene rings is 2. The summed E-state index contributed by atoms with van der Waals surface area (Å²) in [7, 11) is 0. The molecule has 5 rings (SSSR count). The smallest absolute Gasteiger partial charge is 0.188 e. The summed E-state index contributed by atoms with van der Waals surface area (Å²) in [4.78, 5) is 0. The zero-order valence-corrected chi connectivity index (χ0v) is 12.5. The van der Waals surface area contributed by atoms with E-state index in [1.54, 1.807) is 11.1 Å². The molecular weight excluding hydrogens is 266 g/mol. The lowest BCUT2D eigenvalue weighted by Gasteiger charge is -2.08. The van der Waals surface area contributed by atoms with Crippen LogP contribution in [0, 0.1) is 0 Å². The second-order valence-corrected chi connectivity index (χ2v) is 6.34. The van der Waals surface area contributed by atoms with Crippen molar-refractivity contribution in [2.45, 2.75) is 25.8 Å². The Hall–Kier alpha value is -2.41. The Bertz CT molecular complexity index is 919. The van der Waals surface area contributed by atoms with E-state index in [-0.39, 0.29) is 0 Å². The minimum absolute atomic E-state index is 1.10. The van der Waals surface area contributed by atoms with Crippen LogP contribution < -0.4 is 4.57 Å². The molecular formula is C21H18N+. The van der Waals surface area contributed by atoms with Crippen molar-refractivity contribution in [2.24, 2.45) is 0 Å². The molecule has 0 spiro atoms. The molecule has 0 atom stereocenters. The molecule has 1 aliphatic carbocycles. The van der Waals surface area contributed by atoms with Crippen LogP contribution in [0.25, 0.3) is 27.6 Å². The summed E-state index contributed by atoms with van der Waals surface area (Å²) < 4.78 is 2.52. The quantitative estimate of drug-likeness (QED) is 0.568. The summed E-state index contributed by atoms with van der Waals surface area (Å²) in [6.45, 7) is 1.10. The molecule has 1 nitrogen and oxygen atoms in total. The summed E-state index contributed by atoms with van der Waals surface area (Å²) in [5, 5.41) is 1.36. The van der Waals surface area contributed by atoms with Gasteiger partial charge >= 0.3 is 0 Å². The largest absolute Gasteiger partial charge is 0.213 e. The summed E-state index contributed by atoms with van der Waals surface area (Å²) in [5.74, 6) is 0. The van der Waals surface area contributed by atoms with Crippen LogP contribution in [0.2, 0.25) is 0 Å². The average Bonchev–Trinajstić information content (AvgIpc) is 3.16. The van der Waals surface area contributed by atoms with Gasteiger partial charge < -0.3 is 0 Å². The fraction of sp³-hybridized carbons (Fsp3) is 0.190. The van der Waals surface area contributed by atoms with Crippen LogP contribution in [-0.2, 0) is 6.54 Å². The Morgan fingerprint density at radius 3 is 2.59 bits per heavy atom. The van der Waals surface area contributed by atoms with Crippen molar-refractivity contribution in [3.05, 3.63) is 71.9 Å². The van der Waals surface area contributed by atoms with Gasteiger partial charge in [-0.25, -0.2) is 0 Å². The highest BCUT2D eigenvalue weighted by Crippen LogP contribution is 2.38. The van der Waals surface area contributed by atoms with Crippen LogP contribution in [0.3, 0.4) is 0 Å². The minimum Gasteiger partial charge on any atom is -0.188 e. The van der Waals surface area contributed by atoms with Crippen LogP contribution >= 0.6 is 0 Å². The first-order valence-electron chi connectivity index (χ1n) is 8.14. The molecule has 0 radical (unpaired) electrons. The van der Waals surface area contributed by atoms with E-state index in [1.165, 1.54) is 47.0 Å². The van der Waals surface area contributed by atoms with Gasteiger partial charge in [0.1, 0.15) is 0 Å². The normalized spacial score (nSPS) is 16.2. The van der Waals surface area contributed by atoms with Crippen LogP contribution in [-0.4, -0.2) is 0 Å². The lowest BCUT2D eigenvalue weighted by Crippen LogP contribution is -2.35. The third-order valence-corrected chi connectivity index (χ3v) is 5.15. The van der Waals surface area contributed by atoms with Crippen LogP contribution in [0.4, 0.5) is 0 Å². The van der Waals surface area contributed by atoms with Gasteiger partial charge in [-0.15, -0.1) is 0 Å². The molecule has 2 aliphatic rings. The fourth-order valence-electron chi connectivity index (χ4n) is 4.13. The molecule has 1 aromatic heterocycles. The highest BCUT2D eigenvalue weighted by Gasteiger charge is 2.33. The van der Waals surface area contributed by atoms with E-state index >= 15 is 0 Å². The first kappa shape index (κ1) is 12.2. The van der Waals surface area contributed by atoms with Gasteiger partial charge in [-0.3, -0.25) is 0 Å². The van der Waals surface area contributed by atoms with E-state index in [4.69, 9.17) is 0 Å². The summed E-state index contributed by atoms with van der Waals surface area (Å²) in [6.07, 6.45) is 3.89. The molecule has 2 aromatic carbocycles. The summed E-state index contributed by atoms with van der Waals surface area (Å²) >= 11 is 0. The van der Waals surface area contributed by atoms with Gasteiger partial charge in [0.2, 0.25) is 11.2 Å². The monoisotopic (exact) mass is 284 g/mol. The fourth-order valence-corrected chi connectivity index (χ4v) is 4.13. The molecule has 106 valence electrons. The first-order valence-corrected chi connectivity index (χ1v) is 8.14. The van der Waals surface area contributed by atoms with Crippen LogP contribution in [0.1, 0.15) is 25.0 Å². The molecule has 0 unspecified atom stereocenters. The topological polar surface area (TPSA) is 3.88 Å². The number of allylic oxidation sites excluding steroid dienone is 2. The Morgan fingerprint density at radius 1 is 0.773 bits per heavy atom. The maximum atomic E-state index is 2.52. The van der Waals surface area contributed by atoms with Crippen molar-refractivity contribution in [2.75, 3.05) is 0 Å². The van der Waals surface area contributed by atoms with Crippen LogP contribution in [0.15, 0.2) is 66.2 Å². The first-order chi connectivity index (χ1) is 10.9. The van der Waals surface area contributed by atoms with Crippen LogP contribution in [0.5, 0.6) is 0 Å². The molecule has 0 saturated carbocycles. The summed E-state index contributed by atoms with van der Waals surface area (Å²) in [6, 6.07) is 22.1. The maximum absolute atomic E-state index is 2.52. The molecule has 0 amide bonds. The number of aromatic nitrogens is 1. The molecule has 22 heavy (non-hydrogen) atoms. The SMILES string of the molecule is c1ccc(-c2cccc3c2ccc2[n+]3CC3=C2CCC3)cc1. The molecule has 3 aromatic rings. The van der Waals surface area contributed by atoms with Crippen molar-refractivity contribution in [1.29, 1.82) is 0 Å². The maximum Gasteiger partial charge on any atom is 0.213 e. The van der Waals surface area contributed by atoms with Gasteiger partial charge in [0.05, 0.1) is 5.39 Å². The van der Waals surface area contributed by atoms with E-state index in [1.807, 2.05) is 0 Å². The van der Waals surface area contributed by atoms with Crippen molar-refractivity contribution in [1.82, 2.24) is 0 Å². The lowest BCUT2D eigenvalue weighted by atomic mass is 9.99. The van der Waals surface area contributed by atoms with E-state index in [0.29, 0.717) is 0 Å². The number of pyridine rings is 1. The second kappa shape index (κ2) is 4.54. The van der Waals surface area contributed by atoms with Gasteiger partial charge in [-0.2, -0.15) is 4.57 Å². The lowest BCUT2D eigenvalue weighted by molar-refractivity contribution is -0.660. The third-order valence-electron chi connectivity index (χ3n) is 5.15. The molecule has 1 heteroatoms. The Balaban J connectivity index is 1.76. The molecule has 0 N–H and O–H groups in total. The summed E-state index contributed by atoms with van der Waals surface area (Å²) in [5.41, 5.74) is 8.73. The van der Waals surface area contributed by atoms with Crippen molar-refractivity contribution in [3.63, 3.8) is 0 Å². The molecule has 0 saturated heterocycles. The van der Waals surface area contributed by atoms with Gasteiger partial charge in [0.15, 0.2) is 6.54 Å². The molecule has 2 heterocycles. The van der Waals surface area contributed by atoms with Gasteiger partial charge in [-0.1, -0.05) is 42.5 Å². The van der Waals surface area contributed by atoms with E-state index in [9.17, 15) is 0 Å². The highest BCUT2D eigenvalue weighted by molar-refractivity contribution is 5.93. The van der Waals surface area contributed by atoms with Crippen molar-refractivity contribution in [3.8, 4) is 11.1 Å². The average molecular weight is 284 g/mol. The number of nitrogens with zero attached hydrogens (tertiary/aromatic N) is 1. The number of hydrogen-bond donors (Lipinski definition) is 0. The van der Waals surface area contributed by atoms with Gasteiger partial charge in [0.25, 0.3) is 0 Å². The van der Waals surface area contributed by atoms with Crippen molar-refractivity contribution >= 4 is 16.5 Å². The standard InChI is InChI=1S/C21H18N/c1-2-6-15(7-3-1)17-9-5-11-20-19(17)12-13-21-18-10-4-8-16(18)14-22(20)21/h1-3,5-7,9,11-13H,4,8,10,14H2/q+1. The minimum atomic E-state index is 1.10. The second-order valence-electron chi connectivity index (χ2n) is 6.34. The Morgan fingerprint density at radius 2 is 1.68 bits per heavy atom. The number of rotatable bonds is 1. The zero-order chi connectivity index (χ0) is 14.5. The van der Waals surface area contributed by atoms with Gasteiger partial charge in [-0.05, 0) is 36.5 Å². The van der Waals surface area contributed by atoms with E-state index in [0.717, 1.165) is 6.54 Å². The number of fused-ring (bicyclic) bond motifs is 4. The Labute approximate surface area is 130 Å².